The minimum absolute atomic E-state index is 0.0185. The molecule has 4 aromatic rings. The van der Waals surface area contributed by atoms with Crippen molar-refractivity contribution in [1.82, 2.24) is 9.44 Å². The lowest BCUT2D eigenvalue weighted by Crippen LogP contribution is -2.52. The molecule has 13 nitrogen and oxygen atoms in total. The fourth-order valence-corrected chi connectivity index (χ4v) is 18.9. The second kappa shape index (κ2) is 25.3. The van der Waals surface area contributed by atoms with Crippen LogP contribution < -0.4 is 28.7 Å². The maximum atomic E-state index is 13.7. The first kappa shape index (κ1) is 64.0. The minimum atomic E-state index is -3.95. The fraction of sp³-hybridized carbons (Fsp3) is 0.507. The minimum Gasteiger partial charge on any atom is -0.490 e. The predicted octanol–water partition coefficient (Wildman–Crippen LogP) is 12.7. The molecule has 4 heterocycles. The largest absolute Gasteiger partial charge is 0.490 e. The standard InChI is InChI=1S/C36H45ClN2O4S.C35H43ClN2O5S/c1-5-16-36(41)18-6-8-24(2)25(3)44(4,42)38-34(40)27-11-15-33-32(20-27)39(21-28-10-13-31(28)36)22-35(23-43-33)17-7-9-26-19-29(37)12-14-30(26)35;1-4-15-35(40)17-5-7-23(2)24(3)44(41,42)37-33(39)26-10-14-32-31(19-26)38(20-27-9-12-30(27)35)21-34(22-43-32)16-6-8-25-18-28(36)11-13-29(25)34/h5-6,11-12,14-15,18-20,24-25,28,31,41H,1,4,7-10,13,16-17,21-23H2,2-3H3,(H,38,40,42);4-5,10-11,13-14,17-19,23-24,27,30,40H,1,6-9,12,15-16,20-22H2,2-3H3,(H,37,39)/b18-6+;17-5+/t24-,25+,28-,31+,35-,36-,44?;23-,24+,27-,30+,34-,35-/m00/s1. The molecule has 4 aliphatic heterocycles. The van der Waals surface area contributed by atoms with E-state index in [9.17, 15) is 32.4 Å². The van der Waals surface area contributed by atoms with Crippen molar-refractivity contribution in [2.45, 2.75) is 150 Å². The number of anilines is 2. The number of aryl methyl sites for hydroxylation is 2. The van der Waals surface area contributed by atoms with E-state index in [1.807, 2.05) is 75.4 Å². The van der Waals surface area contributed by atoms with E-state index in [2.05, 4.69) is 62.5 Å². The molecule has 12 rings (SSSR count). The maximum absolute atomic E-state index is 13.7. The van der Waals surface area contributed by atoms with E-state index in [1.165, 1.54) is 22.3 Å². The summed E-state index contributed by atoms with van der Waals surface area (Å²) in [6.45, 7) is 19.1. The number of benzene rings is 4. The van der Waals surface area contributed by atoms with Crippen LogP contribution in [-0.4, -0.2) is 102 Å². The number of halogens is 2. The number of amides is 2. The summed E-state index contributed by atoms with van der Waals surface area (Å²) in [5, 5.41) is 24.3. The van der Waals surface area contributed by atoms with Gasteiger partial charge in [-0.2, -0.15) is 0 Å². The van der Waals surface area contributed by atoms with Gasteiger partial charge in [0.05, 0.1) is 50.7 Å². The maximum Gasteiger partial charge on any atom is 0.264 e. The van der Waals surface area contributed by atoms with Crippen molar-refractivity contribution >= 4 is 72.0 Å². The van der Waals surface area contributed by atoms with E-state index >= 15 is 0 Å². The lowest BCUT2D eigenvalue weighted by Gasteiger charge is -2.49. The molecule has 4 N–H and O–H groups in total. The molecule has 2 fully saturated rings. The van der Waals surface area contributed by atoms with Crippen LogP contribution >= 0.6 is 23.2 Å². The Hall–Kier alpha value is -5.55. The highest BCUT2D eigenvalue weighted by Gasteiger charge is 2.50. The number of hydrogen-bond acceptors (Lipinski definition) is 11. The van der Waals surface area contributed by atoms with Gasteiger partial charge in [-0.1, -0.05) is 85.6 Å². The number of nitrogens with zero attached hydrogens (tertiary/aromatic N) is 2. The summed E-state index contributed by atoms with van der Waals surface area (Å²) in [6.07, 6.45) is 23.1. The highest BCUT2D eigenvalue weighted by atomic mass is 35.5. The molecule has 472 valence electrons. The molecule has 2 saturated carbocycles. The second-order valence-electron chi connectivity index (χ2n) is 27.2. The van der Waals surface area contributed by atoms with E-state index in [1.54, 1.807) is 37.3 Å². The highest BCUT2D eigenvalue weighted by Crippen LogP contribution is 2.52. The number of nitrogens with one attached hydrogen (secondary N) is 2. The summed E-state index contributed by atoms with van der Waals surface area (Å²) < 4.78 is 58.5. The number of hydrogen-bond donors (Lipinski definition) is 4. The molecule has 4 bridgehead atoms. The van der Waals surface area contributed by atoms with E-state index in [0.717, 1.165) is 104 Å². The van der Waals surface area contributed by atoms with Crippen molar-refractivity contribution in [3.05, 3.63) is 166 Å². The summed E-state index contributed by atoms with van der Waals surface area (Å²) >= 11 is 12.8. The van der Waals surface area contributed by atoms with Crippen LogP contribution in [0.5, 0.6) is 11.5 Å². The average Bonchev–Trinajstić information content (AvgIpc) is 2.11. The number of sulfonamides is 1. The lowest BCUT2D eigenvalue weighted by atomic mass is 9.63. The first-order valence-corrected chi connectivity index (χ1v) is 35.9. The van der Waals surface area contributed by atoms with Crippen LogP contribution in [-0.2, 0) is 43.4 Å². The van der Waals surface area contributed by atoms with Gasteiger partial charge in [0.1, 0.15) is 11.5 Å². The third-order valence-electron chi connectivity index (χ3n) is 21.6. The Morgan fingerprint density at radius 3 is 1.50 bits per heavy atom. The molecule has 88 heavy (non-hydrogen) atoms. The van der Waals surface area contributed by atoms with Crippen LogP contribution in [0.3, 0.4) is 0 Å². The molecule has 0 saturated heterocycles. The Kier molecular flexibility index (Phi) is 18.4. The monoisotopic (exact) mass is 1270 g/mol. The van der Waals surface area contributed by atoms with E-state index < -0.39 is 48.0 Å². The molecule has 1 unspecified atom stereocenters. The summed E-state index contributed by atoms with van der Waals surface area (Å²) in [5.41, 5.74) is 4.76. The van der Waals surface area contributed by atoms with Crippen molar-refractivity contribution in [2.24, 2.45) is 35.5 Å². The number of aliphatic hydroxyl groups is 2. The molecule has 4 aromatic carbocycles. The third-order valence-corrected chi connectivity index (χ3v) is 26.2. The van der Waals surface area contributed by atoms with Crippen LogP contribution in [0.4, 0.5) is 11.4 Å². The number of fused-ring (bicyclic) bond motifs is 8. The zero-order valence-corrected chi connectivity index (χ0v) is 54.6. The highest BCUT2D eigenvalue weighted by molar-refractivity contribution is 7.99. The van der Waals surface area contributed by atoms with Gasteiger partial charge in [0, 0.05) is 63.4 Å². The number of rotatable bonds is 4. The summed E-state index contributed by atoms with van der Waals surface area (Å²) in [4.78, 5) is 31.7. The van der Waals surface area contributed by atoms with Crippen molar-refractivity contribution in [3.63, 3.8) is 0 Å². The van der Waals surface area contributed by atoms with Crippen molar-refractivity contribution in [3.8, 4) is 11.5 Å². The molecule has 8 aliphatic rings. The number of ether oxygens (including phenoxy) is 2. The fourth-order valence-electron chi connectivity index (χ4n) is 15.7. The Balaban J connectivity index is 0.000000182. The van der Waals surface area contributed by atoms with E-state index in [-0.39, 0.29) is 57.2 Å². The van der Waals surface area contributed by atoms with Gasteiger partial charge in [0.15, 0.2) is 0 Å². The molecule has 0 aromatic heterocycles. The summed E-state index contributed by atoms with van der Waals surface area (Å²) in [6, 6.07) is 23.1. The van der Waals surface area contributed by atoms with Crippen LogP contribution in [0.15, 0.2) is 122 Å². The summed E-state index contributed by atoms with van der Waals surface area (Å²) in [5.74, 6) is 4.60. The molecule has 0 radical (unpaired) electrons. The molecule has 2 spiro atoms. The van der Waals surface area contributed by atoms with E-state index in [0.29, 0.717) is 63.3 Å². The third kappa shape index (κ3) is 12.6. The first-order valence-electron chi connectivity index (χ1n) is 31.8. The zero-order valence-electron chi connectivity index (χ0n) is 51.5. The number of carbonyl (C=O) groups is 2. The van der Waals surface area contributed by atoms with Crippen LogP contribution in [0.2, 0.25) is 10.0 Å². The Morgan fingerprint density at radius 2 is 1.07 bits per heavy atom. The topological polar surface area (TPSA) is 175 Å². The number of allylic oxidation sites excluding steroid dienone is 2. The molecule has 17 heteroatoms. The van der Waals surface area contributed by atoms with Crippen LogP contribution in [0.1, 0.15) is 148 Å². The van der Waals surface area contributed by atoms with Gasteiger partial charge >= 0.3 is 0 Å². The van der Waals surface area contributed by atoms with Crippen molar-refractivity contribution in [1.29, 1.82) is 0 Å². The second-order valence-corrected chi connectivity index (χ2v) is 32.5. The zero-order chi connectivity index (χ0) is 62.6. The van der Waals surface area contributed by atoms with Gasteiger partial charge in [0.2, 0.25) is 10.0 Å². The molecular formula is C71H88Cl2N4O9S2. The van der Waals surface area contributed by atoms with Crippen molar-refractivity contribution in [2.75, 3.05) is 49.2 Å². The Morgan fingerprint density at radius 1 is 0.625 bits per heavy atom. The van der Waals surface area contributed by atoms with Gasteiger partial charge < -0.3 is 29.5 Å². The lowest BCUT2D eigenvalue weighted by molar-refractivity contribution is -0.0431. The molecule has 4 aliphatic carbocycles. The van der Waals surface area contributed by atoms with Gasteiger partial charge in [-0.15, -0.1) is 13.2 Å². The smallest absolute Gasteiger partial charge is 0.264 e. The number of carbonyl (C=O) groups excluding carboxylic acids is 2. The molecule has 13 atom stereocenters. The van der Waals surface area contributed by atoms with Crippen molar-refractivity contribution < 1.29 is 41.9 Å². The SMILES string of the molecule is C=CC[C@]1(O)/C=C/C[C@H](C)[C@@H](C)S(=C)(=O)NC(=O)c2ccc3c(c2)N(C[C@@H]2CC[C@H]21)C[C@@]1(CCCc2cc(Cl)ccc21)CO3.C=CC[C@]1(O)/C=C/C[C@H](C)[C@@H](C)S(=O)(=O)NC(=O)c2ccc3c(c2)N(C[C@@H]2CC[C@H]21)C[C@@]1(CCCc2cc(Cl)ccc21)CO3. The van der Waals surface area contributed by atoms with Gasteiger partial charge in [-0.3, -0.25) is 14.3 Å². The predicted molar refractivity (Wildman–Crippen MR) is 356 cm³/mol. The quantitative estimate of drug-likeness (QED) is 0.113. The van der Waals surface area contributed by atoms with Crippen LogP contribution in [0.25, 0.3) is 0 Å². The Bertz CT molecular complexity index is 3410. The Labute approximate surface area is 532 Å². The average molecular weight is 1280 g/mol. The van der Waals surface area contributed by atoms with Gasteiger partial charge in [0.25, 0.3) is 11.8 Å². The van der Waals surface area contributed by atoms with Gasteiger partial charge in [-0.05, 0) is 228 Å². The molecule has 2 amide bonds. The molecular weight excluding hydrogens is 1190 g/mol. The van der Waals surface area contributed by atoms with Gasteiger partial charge in [-0.25, -0.2) is 17.3 Å². The normalized spacial score (nSPS) is 35.0. The first-order chi connectivity index (χ1) is 41.9. The van der Waals surface area contributed by atoms with E-state index in [4.69, 9.17) is 32.7 Å². The van der Waals surface area contributed by atoms with Crippen LogP contribution in [0, 0.1) is 35.5 Å². The summed E-state index contributed by atoms with van der Waals surface area (Å²) in [7, 11) is -6.90.